The molecule has 0 saturated heterocycles. The summed E-state index contributed by atoms with van der Waals surface area (Å²) >= 11 is 0. The van der Waals surface area contributed by atoms with Gasteiger partial charge in [0.25, 0.3) is 5.91 Å². The first-order valence-corrected chi connectivity index (χ1v) is 8.14. The zero-order valence-corrected chi connectivity index (χ0v) is 14.4. The van der Waals surface area contributed by atoms with Gasteiger partial charge in [-0.2, -0.15) is 0 Å². The first-order chi connectivity index (χ1) is 12.2. The summed E-state index contributed by atoms with van der Waals surface area (Å²) < 4.78 is 7.22. The van der Waals surface area contributed by atoms with Crippen molar-refractivity contribution in [1.82, 2.24) is 0 Å². The molecule has 3 rings (SSSR count). The van der Waals surface area contributed by atoms with E-state index in [9.17, 15) is 4.79 Å². The van der Waals surface area contributed by atoms with E-state index in [-0.39, 0.29) is 5.91 Å². The van der Waals surface area contributed by atoms with Crippen molar-refractivity contribution >= 4 is 11.6 Å². The van der Waals surface area contributed by atoms with Crippen LogP contribution in [0.5, 0.6) is 5.75 Å². The summed E-state index contributed by atoms with van der Waals surface area (Å²) in [5.74, 6) is 0.598. The summed E-state index contributed by atoms with van der Waals surface area (Å²) in [7, 11) is 3.63. The van der Waals surface area contributed by atoms with Crippen LogP contribution in [0.1, 0.15) is 21.6 Å². The second-order valence-electron chi connectivity index (χ2n) is 5.82. The number of carbonyl (C=O) groups is 1. The van der Waals surface area contributed by atoms with Crippen LogP contribution in [0.4, 0.5) is 5.69 Å². The minimum absolute atomic E-state index is 0.132. The molecule has 0 saturated carbocycles. The Morgan fingerprint density at radius 1 is 1.00 bits per heavy atom. The van der Waals surface area contributed by atoms with Gasteiger partial charge < -0.3 is 10.1 Å². The molecule has 0 radical (unpaired) electrons. The molecule has 0 fully saturated rings. The number of carbonyl (C=O) groups excluding carboxylic acids is 1. The molecule has 0 aliphatic carbocycles. The van der Waals surface area contributed by atoms with E-state index in [1.807, 2.05) is 49.6 Å². The number of amides is 1. The van der Waals surface area contributed by atoms with E-state index in [1.165, 1.54) is 5.69 Å². The molecule has 3 aromatic rings. The van der Waals surface area contributed by atoms with Gasteiger partial charge in [-0.3, -0.25) is 4.79 Å². The Hall–Kier alpha value is -3.14. The van der Waals surface area contributed by atoms with E-state index >= 15 is 0 Å². The van der Waals surface area contributed by atoms with Gasteiger partial charge in [-0.1, -0.05) is 24.3 Å². The zero-order chi connectivity index (χ0) is 17.6. The number of benzene rings is 2. The Morgan fingerprint density at radius 2 is 1.72 bits per heavy atom. The van der Waals surface area contributed by atoms with Gasteiger partial charge in [0.1, 0.15) is 12.8 Å². The Kier molecular flexibility index (Phi) is 5.09. The Labute approximate surface area is 147 Å². The van der Waals surface area contributed by atoms with Gasteiger partial charge in [-0.05, 0) is 35.9 Å². The molecule has 1 heterocycles. The molecule has 1 amide bonds. The highest BCUT2D eigenvalue weighted by Crippen LogP contribution is 2.19. The second-order valence-corrected chi connectivity index (χ2v) is 5.82. The molecule has 4 heteroatoms. The Morgan fingerprint density at radius 3 is 2.44 bits per heavy atom. The lowest BCUT2D eigenvalue weighted by Gasteiger charge is -2.11. The third-order valence-electron chi connectivity index (χ3n) is 4.15. The summed E-state index contributed by atoms with van der Waals surface area (Å²) in [5, 5.41) is 3.01. The van der Waals surface area contributed by atoms with Crippen LogP contribution in [-0.2, 0) is 13.5 Å². The van der Waals surface area contributed by atoms with E-state index in [4.69, 9.17) is 4.74 Å². The van der Waals surface area contributed by atoms with E-state index in [2.05, 4.69) is 16.0 Å². The fourth-order valence-electron chi connectivity index (χ4n) is 2.67. The van der Waals surface area contributed by atoms with Crippen LogP contribution in [0, 0.1) is 0 Å². The van der Waals surface area contributed by atoms with E-state index in [0.29, 0.717) is 5.56 Å². The summed E-state index contributed by atoms with van der Waals surface area (Å²) in [4.78, 5) is 12.5. The van der Waals surface area contributed by atoms with Crippen LogP contribution in [0.15, 0.2) is 72.9 Å². The van der Waals surface area contributed by atoms with Crippen LogP contribution in [0.3, 0.4) is 0 Å². The number of nitrogens with zero attached hydrogens (tertiary/aromatic N) is 1. The van der Waals surface area contributed by atoms with Gasteiger partial charge in [0.2, 0.25) is 0 Å². The standard InChI is InChI=1S/C21H20N2O2/c1-23-14-6-5-8-18(23)15-17-7-3-4-9-20(17)22-21(24)16-10-12-19(25-2)13-11-16/h3-14H,15H2,1-2H3/p+1. The van der Waals surface area contributed by atoms with E-state index in [1.54, 1.807) is 31.4 Å². The highest BCUT2D eigenvalue weighted by molar-refractivity contribution is 6.04. The lowest BCUT2D eigenvalue weighted by molar-refractivity contribution is -0.678. The number of methoxy groups -OCH3 is 1. The quantitative estimate of drug-likeness (QED) is 0.728. The van der Waals surface area contributed by atoms with E-state index < -0.39 is 0 Å². The molecule has 4 nitrogen and oxygen atoms in total. The average molecular weight is 333 g/mol. The fraction of sp³-hybridized carbons (Fsp3) is 0.143. The van der Waals surface area contributed by atoms with Gasteiger partial charge in [0.05, 0.1) is 13.5 Å². The van der Waals surface area contributed by atoms with Crippen molar-refractivity contribution in [3.05, 3.63) is 89.7 Å². The molecule has 126 valence electrons. The SMILES string of the molecule is COc1ccc(C(=O)Nc2ccccc2Cc2cccc[n+]2C)cc1. The van der Waals surface area contributed by atoms with Gasteiger partial charge in [-0.15, -0.1) is 0 Å². The predicted molar refractivity (Wildman–Crippen MR) is 97.8 cm³/mol. The molecule has 0 atom stereocenters. The number of hydrogen-bond donors (Lipinski definition) is 1. The molecular weight excluding hydrogens is 312 g/mol. The molecule has 0 aliphatic heterocycles. The van der Waals surface area contributed by atoms with Crippen molar-refractivity contribution in [2.24, 2.45) is 7.05 Å². The van der Waals surface area contributed by atoms with Crippen LogP contribution < -0.4 is 14.6 Å². The summed E-state index contributed by atoms with van der Waals surface area (Å²) in [6.07, 6.45) is 2.77. The lowest BCUT2D eigenvalue weighted by atomic mass is 10.1. The minimum atomic E-state index is -0.132. The summed E-state index contributed by atoms with van der Waals surface area (Å²) in [6.45, 7) is 0. The molecule has 0 aliphatic rings. The van der Waals surface area contributed by atoms with Crippen LogP contribution in [-0.4, -0.2) is 13.0 Å². The average Bonchev–Trinajstić information content (AvgIpc) is 2.65. The van der Waals surface area contributed by atoms with Crippen LogP contribution in [0.2, 0.25) is 0 Å². The highest BCUT2D eigenvalue weighted by Gasteiger charge is 2.12. The number of anilines is 1. The van der Waals surface area contributed by atoms with Crippen LogP contribution >= 0.6 is 0 Å². The van der Waals surface area contributed by atoms with Crippen molar-refractivity contribution in [1.29, 1.82) is 0 Å². The molecule has 0 spiro atoms. The minimum Gasteiger partial charge on any atom is -0.497 e. The number of aromatic nitrogens is 1. The monoisotopic (exact) mass is 333 g/mol. The lowest BCUT2D eigenvalue weighted by Crippen LogP contribution is -2.32. The third kappa shape index (κ3) is 4.04. The Balaban J connectivity index is 1.80. The third-order valence-corrected chi connectivity index (χ3v) is 4.15. The van der Waals surface area contributed by atoms with Gasteiger partial charge in [0, 0.05) is 23.4 Å². The maximum absolute atomic E-state index is 12.5. The molecule has 2 aromatic carbocycles. The molecule has 0 bridgehead atoms. The van der Waals surface area contributed by atoms with Gasteiger partial charge in [-0.25, -0.2) is 4.57 Å². The first-order valence-electron chi connectivity index (χ1n) is 8.14. The highest BCUT2D eigenvalue weighted by atomic mass is 16.5. The topological polar surface area (TPSA) is 42.2 Å². The molecule has 1 aromatic heterocycles. The normalized spacial score (nSPS) is 10.3. The number of rotatable bonds is 5. The molecule has 1 N–H and O–H groups in total. The van der Waals surface area contributed by atoms with Crippen molar-refractivity contribution in [2.75, 3.05) is 12.4 Å². The number of aryl methyl sites for hydroxylation is 1. The molecular formula is C21H21N2O2+. The van der Waals surface area contributed by atoms with Crippen molar-refractivity contribution in [3.63, 3.8) is 0 Å². The largest absolute Gasteiger partial charge is 0.497 e. The van der Waals surface area contributed by atoms with Crippen molar-refractivity contribution in [2.45, 2.75) is 6.42 Å². The number of hydrogen-bond acceptors (Lipinski definition) is 2. The number of pyridine rings is 1. The molecule has 0 unspecified atom stereocenters. The van der Waals surface area contributed by atoms with Crippen molar-refractivity contribution < 1.29 is 14.1 Å². The van der Waals surface area contributed by atoms with Gasteiger partial charge >= 0.3 is 0 Å². The van der Waals surface area contributed by atoms with Crippen molar-refractivity contribution in [3.8, 4) is 5.75 Å². The zero-order valence-electron chi connectivity index (χ0n) is 14.4. The Bertz CT molecular complexity index is 873. The summed E-state index contributed by atoms with van der Waals surface area (Å²) in [5.41, 5.74) is 3.67. The number of para-hydroxylation sites is 1. The van der Waals surface area contributed by atoms with Gasteiger partial charge in [0.15, 0.2) is 11.9 Å². The first kappa shape index (κ1) is 16.7. The maximum Gasteiger partial charge on any atom is 0.255 e. The van der Waals surface area contributed by atoms with Crippen LogP contribution in [0.25, 0.3) is 0 Å². The number of ether oxygens (including phenoxy) is 1. The maximum atomic E-state index is 12.5. The predicted octanol–water partition coefficient (Wildman–Crippen LogP) is 3.36. The second kappa shape index (κ2) is 7.62. The van der Waals surface area contributed by atoms with E-state index in [0.717, 1.165) is 23.4 Å². The number of nitrogens with one attached hydrogen (secondary N) is 1. The summed E-state index contributed by atoms with van der Waals surface area (Å²) in [6, 6.07) is 21.1. The molecule has 25 heavy (non-hydrogen) atoms. The smallest absolute Gasteiger partial charge is 0.255 e. The fourth-order valence-corrected chi connectivity index (χ4v) is 2.67.